The first kappa shape index (κ1) is 11.7. The highest BCUT2D eigenvalue weighted by atomic mass is 35.5. The fourth-order valence-electron chi connectivity index (χ4n) is 0.926. The first-order chi connectivity index (χ1) is 6.63. The van der Waals surface area contributed by atoms with Crippen LogP contribution in [0.2, 0.25) is 5.02 Å². The van der Waals surface area contributed by atoms with Gasteiger partial charge in [0.05, 0.1) is 6.10 Å². The first-order valence-electron chi connectivity index (χ1n) is 4.34. The van der Waals surface area contributed by atoms with E-state index in [9.17, 15) is 0 Å². The van der Waals surface area contributed by atoms with Gasteiger partial charge < -0.3 is 10.5 Å². The highest BCUT2D eigenvalue weighted by Gasteiger charge is 2.04. The molecule has 0 heterocycles. The van der Waals surface area contributed by atoms with Crippen LogP contribution in [0.15, 0.2) is 23.1 Å². The van der Waals surface area contributed by atoms with Crippen LogP contribution in [-0.4, -0.2) is 19.0 Å². The molecule has 2 N–H and O–H groups in total. The Bertz CT molecular complexity index is 306. The Morgan fingerprint density at radius 1 is 1.57 bits per heavy atom. The third-order valence-electron chi connectivity index (χ3n) is 1.85. The molecule has 78 valence electrons. The predicted molar refractivity (Wildman–Crippen MR) is 63.1 cm³/mol. The molecule has 1 aromatic rings. The molecular weight excluding hydrogens is 218 g/mol. The van der Waals surface area contributed by atoms with Crippen LogP contribution >= 0.6 is 23.4 Å². The maximum atomic E-state index is 5.80. The van der Waals surface area contributed by atoms with Gasteiger partial charge in [-0.15, -0.1) is 11.8 Å². The van der Waals surface area contributed by atoms with Gasteiger partial charge in [0.2, 0.25) is 0 Å². The van der Waals surface area contributed by atoms with Gasteiger partial charge >= 0.3 is 0 Å². The molecule has 1 aromatic carbocycles. The molecule has 1 rings (SSSR count). The predicted octanol–water partition coefficient (Wildman–Crippen LogP) is 3.05. The maximum Gasteiger partial charge on any atom is 0.0637 e. The van der Waals surface area contributed by atoms with E-state index in [1.165, 1.54) is 0 Å². The van der Waals surface area contributed by atoms with E-state index in [4.69, 9.17) is 22.1 Å². The van der Waals surface area contributed by atoms with E-state index < -0.39 is 0 Å². The van der Waals surface area contributed by atoms with Crippen molar-refractivity contribution in [2.45, 2.75) is 17.9 Å². The highest BCUT2D eigenvalue weighted by Crippen LogP contribution is 2.28. The van der Waals surface area contributed by atoms with Crippen LogP contribution in [0.1, 0.15) is 6.92 Å². The van der Waals surface area contributed by atoms with Crippen molar-refractivity contribution in [1.82, 2.24) is 0 Å². The minimum atomic E-state index is 0.232. The zero-order chi connectivity index (χ0) is 10.6. The summed E-state index contributed by atoms with van der Waals surface area (Å²) < 4.78 is 5.15. The zero-order valence-corrected chi connectivity index (χ0v) is 9.86. The second kappa shape index (κ2) is 5.49. The fourth-order valence-corrected chi connectivity index (χ4v) is 2.05. The standard InChI is InChI=1S/C10H14ClNOS/c1-7(13-2)6-14-10-4-3-8(11)5-9(10)12/h3-5,7H,6,12H2,1-2H3. The molecular formula is C10H14ClNOS. The van der Waals surface area contributed by atoms with Crippen LogP contribution in [0.4, 0.5) is 5.69 Å². The largest absolute Gasteiger partial charge is 0.398 e. The SMILES string of the molecule is COC(C)CSc1ccc(Cl)cc1N. The van der Waals surface area contributed by atoms with E-state index in [2.05, 4.69) is 0 Å². The summed E-state index contributed by atoms with van der Waals surface area (Å²) in [6.45, 7) is 2.03. The summed E-state index contributed by atoms with van der Waals surface area (Å²) in [5.41, 5.74) is 6.53. The average molecular weight is 232 g/mol. The lowest BCUT2D eigenvalue weighted by molar-refractivity contribution is 0.138. The van der Waals surface area contributed by atoms with E-state index >= 15 is 0 Å². The summed E-state index contributed by atoms with van der Waals surface area (Å²) in [5, 5.41) is 0.673. The number of rotatable bonds is 4. The van der Waals surface area contributed by atoms with Crippen molar-refractivity contribution in [1.29, 1.82) is 0 Å². The lowest BCUT2D eigenvalue weighted by Gasteiger charge is -2.10. The van der Waals surface area contributed by atoms with Gasteiger partial charge in [-0.05, 0) is 25.1 Å². The number of hydrogen-bond acceptors (Lipinski definition) is 3. The topological polar surface area (TPSA) is 35.2 Å². The first-order valence-corrected chi connectivity index (χ1v) is 5.70. The molecule has 0 aliphatic heterocycles. The van der Waals surface area contributed by atoms with Gasteiger partial charge in [0.25, 0.3) is 0 Å². The molecule has 0 amide bonds. The number of nitrogen functional groups attached to an aromatic ring is 1. The summed E-state index contributed by atoms with van der Waals surface area (Å²) in [6, 6.07) is 5.55. The number of anilines is 1. The van der Waals surface area contributed by atoms with Crippen molar-refractivity contribution < 1.29 is 4.74 Å². The van der Waals surface area contributed by atoms with Crippen molar-refractivity contribution >= 4 is 29.1 Å². The molecule has 2 nitrogen and oxygen atoms in total. The van der Waals surface area contributed by atoms with E-state index in [0.29, 0.717) is 5.02 Å². The normalized spacial score (nSPS) is 12.8. The Morgan fingerprint density at radius 3 is 2.86 bits per heavy atom. The van der Waals surface area contributed by atoms with Crippen LogP contribution in [0, 0.1) is 0 Å². The van der Waals surface area contributed by atoms with Crippen molar-refractivity contribution in [3.05, 3.63) is 23.2 Å². The van der Waals surface area contributed by atoms with Crippen molar-refractivity contribution in [3.8, 4) is 0 Å². The number of ether oxygens (including phenoxy) is 1. The molecule has 4 heteroatoms. The van der Waals surface area contributed by atoms with Gasteiger partial charge in [-0.1, -0.05) is 11.6 Å². The number of benzene rings is 1. The van der Waals surface area contributed by atoms with Crippen LogP contribution in [0.5, 0.6) is 0 Å². The molecule has 0 saturated carbocycles. The Balaban J connectivity index is 2.59. The van der Waals surface area contributed by atoms with E-state index in [1.54, 1.807) is 24.9 Å². The molecule has 0 fully saturated rings. The van der Waals surface area contributed by atoms with Gasteiger partial charge in [-0.25, -0.2) is 0 Å². The number of thioether (sulfide) groups is 1. The quantitative estimate of drug-likeness (QED) is 0.639. The van der Waals surface area contributed by atoms with Crippen LogP contribution in [0.3, 0.4) is 0 Å². The molecule has 0 radical (unpaired) electrons. The highest BCUT2D eigenvalue weighted by molar-refractivity contribution is 7.99. The zero-order valence-electron chi connectivity index (χ0n) is 8.29. The number of methoxy groups -OCH3 is 1. The summed E-state index contributed by atoms with van der Waals surface area (Å²) in [4.78, 5) is 1.05. The Labute approximate surface area is 93.8 Å². The van der Waals surface area contributed by atoms with Crippen LogP contribution < -0.4 is 5.73 Å². The van der Waals surface area contributed by atoms with Crippen molar-refractivity contribution in [3.63, 3.8) is 0 Å². The van der Waals surface area contributed by atoms with Gasteiger partial charge in [-0.2, -0.15) is 0 Å². The average Bonchev–Trinajstić information content (AvgIpc) is 2.16. The van der Waals surface area contributed by atoms with Gasteiger partial charge in [0.1, 0.15) is 0 Å². The second-order valence-electron chi connectivity index (χ2n) is 3.04. The van der Waals surface area contributed by atoms with E-state index in [-0.39, 0.29) is 6.10 Å². The van der Waals surface area contributed by atoms with Gasteiger partial charge in [0, 0.05) is 28.5 Å². The molecule has 1 atom stereocenters. The lowest BCUT2D eigenvalue weighted by atomic mass is 10.3. The number of nitrogens with two attached hydrogens (primary N) is 1. The Kier molecular flexibility index (Phi) is 4.58. The van der Waals surface area contributed by atoms with Gasteiger partial charge in [0.15, 0.2) is 0 Å². The minimum Gasteiger partial charge on any atom is -0.398 e. The number of halogens is 1. The monoisotopic (exact) mass is 231 g/mol. The molecule has 0 aliphatic rings. The van der Waals surface area contributed by atoms with Crippen LogP contribution in [0.25, 0.3) is 0 Å². The molecule has 0 aliphatic carbocycles. The molecule has 1 unspecified atom stereocenters. The molecule has 0 spiro atoms. The smallest absolute Gasteiger partial charge is 0.0637 e. The Morgan fingerprint density at radius 2 is 2.29 bits per heavy atom. The third kappa shape index (κ3) is 3.40. The summed E-state index contributed by atoms with van der Waals surface area (Å²) in [6.07, 6.45) is 0.232. The molecule has 0 bridgehead atoms. The number of hydrogen-bond donors (Lipinski definition) is 1. The molecule has 0 aromatic heterocycles. The summed E-state index contributed by atoms with van der Waals surface area (Å²) in [7, 11) is 1.70. The lowest BCUT2D eigenvalue weighted by Crippen LogP contribution is -2.07. The van der Waals surface area contributed by atoms with Gasteiger partial charge in [-0.3, -0.25) is 0 Å². The minimum absolute atomic E-state index is 0.232. The van der Waals surface area contributed by atoms with E-state index in [1.807, 2.05) is 19.1 Å². The summed E-state index contributed by atoms with van der Waals surface area (Å²) >= 11 is 7.47. The van der Waals surface area contributed by atoms with Crippen LogP contribution in [-0.2, 0) is 4.74 Å². The Hall–Kier alpha value is -0.380. The maximum absolute atomic E-state index is 5.80. The summed E-state index contributed by atoms with van der Waals surface area (Å²) in [5.74, 6) is 0.891. The fraction of sp³-hybridized carbons (Fsp3) is 0.400. The third-order valence-corrected chi connectivity index (χ3v) is 3.40. The van der Waals surface area contributed by atoms with Crippen molar-refractivity contribution in [2.75, 3.05) is 18.6 Å². The van der Waals surface area contributed by atoms with E-state index in [0.717, 1.165) is 16.3 Å². The molecule has 0 saturated heterocycles. The van der Waals surface area contributed by atoms with Crippen molar-refractivity contribution in [2.24, 2.45) is 0 Å². The second-order valence-corrected chi connectivity index (χ2v) is 4.54. The molecule has 14 heavy (non-hydrogen) atoms.